The Hall–Kier alpha value is -0.650. The molecule has 0 aromatic rings. The summed E-state index contributed by atoms with van der Waals surface area (Å²) in [5.74, 6) is -0.280. The molecule has 0 rings (SSSR count). The highest BCUT2D eigenvalue weighted by Crippen LogP contribution is 2.17. The quantitative estimate of drug-likeness (QED) is 0.0499. The van der Waals surface area contributed by atoms with E-state index in [-0.39, 0.29) is 18.9 Å². The molecule has 3 unspecified atom stereocenters. The van der Waals surface area contributed by atoms with Gasteiger partial charge in [0.25, 0.3) is 0 Å². The van der Waals surface area contributed by atoms with E-state index in [4.69, 9.17) is 0 Å². The summed E-state index contributed by atoms with van der Waals surface area (Å²) in [6.07, 6.45) is 40.6. The number of carbonyl (C=O) groups excluding carboxylic acids is 1. The number of aliphatic hydroxyl groups excluding tert-OH is 3. The van der Waals surface area contributed by atoms with Gasteiger partial charge in [-0.1, -0.05) is 213 Å². The maximum atomic E-state index is 12.4. The molecule has 1 amide bonds. The van der Waals surface area contributed by atoms with Crippen molar-refractivity contribution in [2.75, 3.05) is 6.61 Å². The second-order valence-electron chi connectivity index (χ2n) is 14.6. The first-order valence-electron chi connectivity index (χ1n) is 20.8. The monoisotopic (exact) mass is 654 g/mol. The zero-order chi connectivity index (χ0) is 33.8. The Bertz CT molecular complexity index is 601. The number of carbonyl (C=O) groups is 1. The van der Waals surface area contributed by atoms with Gasteiger partial charge in [-0.3, -0.25) is 4.79 Å². The molecule has 46 heavy (non-hydrogen) atoms. The molecular formula is C41H83NO4. The van der Waals surface area contributed by atoms with E-state index in [0.29, 0.717) is 12.8 Å². The first kappa shape index (κ1) is 45.3. The number of hydrogen-bond donors (Lipinski definition) is 4. The summed E-state index contributed by atoms with van der Waals surface area (Å²) in [5.41, 5.74) is 0. The average molecular weight is 654 g/mol. The van der Waals surface area contributed by atoms with Crippen LogP contribution in [0.25, 0.3) is 0 Å². The van der Waals surface area contributed by atoms with Crippen molar-refractivity contribution in [3.63, 3.8) is 0 Å². The van der Waals surface area contributed by atoms with Gasteiger partial charge in [0.2, 0.25) is 5.91 Å². The van der Waals surface area contributed by atoms with Crippen LogP contribution < -0.4 is 5.32 Å². The van der Waals surface area contributed by atoms with Gasteiger partial charge in [0, 0.05) is 0 Å². The molecule has 0 radical (unpaired) electrons. The number of aliphatic hydroxyl groups is 3. The Morgan fingerprint density at radius 1 is 0.457 bits per heavy atom. The average Bonchev–Trinajstić information content (AvgIpc) is 3.05. The van der Waals surface area contributed by atoms with Gasteiger partial charge in [0.15, 0.2) is 0 Å². The van der Waals surface area contributed by atoms with Gasteiger partial charge in [-0.2, -0.15) is 0 Å². The normalized spacial score (nSPS) is 13.6. The van der Waals surface area contributed by atoms with Crippen molar-refractivity contribution in [1.82, 2.24) is 5.32 Å². The molecule has 0 saturated carbocycles. The molecule has 0 aromatic heterocycles. The minimum absolute atomic E-state index is 0.0422. The highest BCUT2D eigenvalue weighted by Gasteiger charge is 2.21. The fraction of sp³-hybridized carbons (Fsp3) is 0.976. The number of amides is 1. The fourth-order valence-electron chi connectivity index (χ4n) is 6.70. The van der Waals surface area contributed by atoms with Gasteiger partial charge >= 0.3 is 0 Å². The SMILES string of the molecule is CCCCCCCCCCCCCCCCCCCCCC(O)C(CO)NC(=O)CC(O)CCCCCCCCCCCCCC. The predicted molar refractivity (Wildman–Crippen MR) is 199 cm³/mol. The molecule has 0 saturated heterocycles. The Labute approximate surface area is 287 Å². The van der Waals surface area contributed by atoms with E-state index < -0.39 is 18.2 Å². The van der Waals surface area contributed by atoms with Gasteiger partial charge in [0.1, 0.15) is 0 Å². The van der Waals surface area contributed by atoms with E-state index in [1.165, 1.54) is 173 Å². The minimum atomic E-state index is -0.742. The summed E-state index contributed by atoms with van der Waals surface area (Å²) in [5, 5.41) is 33.3. The lowest BCUT2D eigenvalue weighted by molar-refractivity contribution is -0.125. The predicted octanol–water partition coefficient (Wildman–Crippen LogP) is 11.5. The summed E-state index contributed by atoms with van der Waals surface area (Å²) in [7, 11) is 0. The third-order valence-corrected chi connectivity index (χ3v) is 9.92. The van der Waals surface area contributed by atoms with Gasteiger partial charge < -0.3 is 20.6 Å². The summed E-state index contributed by atoms with van der Waals surface area (Å²) in [6, 6.07) is -0.651. The Kier molecular flexibility index (Phi) is 36.6. The zero-order valence-electron chi connectivity index (χ0n) is 31.2. The van der Waals surface area contributed by atoms with Crippen LogP contribution in [0.15, 0.2) is 0 Å². The standard InChI is InChI=1S/C41H83NO4/c1-3-5-7-9-11-13-15-17-18-19-20-21-22-23-25-27-29-31-33-35-40(45)39(37-43)42-41(46)36-38(44)34-32-30-28-26-24-16-14-12-10-8-6-4-2/h38-40,43-45H,3-37H2,1-2H3,(H,42,46). The topological polar surface area (TPSA) is 89.8 Å². The second kappa shape index (κ2) is 37.2. The van der Waals surface area contributed by atoms with Crippen LogP contribution in [-0.4, -0.2) is 46.1 Å². The number of hydrogen-bond acceptors (Lipinski definition) is 4. The Morgan fingerprint density at radius 3 is 1.04 bits per heavy atom. The molecule has 276 valence electrons. The molecular weight excluding hydrogens is 570 g/mol. The third kappa shape index (κ3) is 33.3. The van der Waals surface area contributed by atoms with Crippen molar-refractivity contribution >= 4 is 5.91 Å². The third-order valence-electron chi connectivity index (χ3n) is 9.92. The fourth-order valence-corrected chi connectivity index (χ4v) is 6.70. The van der Waals surface area contributed by atoms with Crippen LogP contribution in [0, 0.1) is 0 Å². The van der Waals surface area contributed by atoms with Crippen molar-refractivity contribution in [3.05, 3.63) is 0 Å². The van der Waals surface area contributed by atoms with Crippen LogP contribution in [0.1, 0.15) is 232 Å². The lowest BCUT2D eigenvalue weighted by Gasteiger charge is -2.23. The van der Waals surface area contributed by atoms with Gasteiger partial charge in [-0.05, 0) is 12.8 Å². The van der Waals surface area contributed by atoms with Crippen molar-refractivity contribution in [3.8, 4) is 0 Å². The van der Waals surface area contributed by atoms with Crippen LogP contribution in [0.4, 0.5) is 0 Å². The summed E-state index contributed by atoms with van der Waals surface area (Å²) in [4.78, 5) is 12.4. The van der Waals surface area contributed by atoms with E-state index in [1.807, 2.05) is 0 Å². The largest absolute Gasteiger partial charge is 0.394 e. The summed E-state index contributed by atoms with van der Waals surface area (Å²) < 4.78 is 0. The van der Waals surface area contributed by atoms with Gasteiger partial charge in [0.05, 0.1) is 31.3 Å². The molecule has 0 bridgehead atoms. The van der Waals surface area contributed by atoms with E-state index >= 15 is 0 Å². The smallest absolute Gasteiger partial charge is 0.222 e. The van der Waals surface area contributed by atoms with E-state index in [2.05, 4.69) is 19.2 Å². The molecule has 4 N–H and O–H groups in total. The van der Waals surface area contributed by atoms with Crippen LogP contribution in [-0.2, 0) is 4.79 Å². The minimum Gasteiger partial charge on any atom is -0.394 e. The first-order chi connectivity index (χ1) is 22.5. The van der Waals surface area contributed by atoms with E-state index in [0.717, 1.165) is 25.7 Å². The van der Waals surface area contributed by atoms with Crippen molar-refractivity contribution in [1.29, 1.82) is 0 Å². The van der Waals surface area contributed by atoms with Crippen LogP contribution in [0.2, 0.25) is 0 Å². The van der Waals surface area contributed by atoms with Crippen molar-refractivity contribution in [2.45, 2.75) is 250 Å². The molecule has 0 aliphatic rings. The maximum absolute atomic E-state index is 12.4. The Morgan fingerprint density at radius 2 is 0.739 bits per heavy atom. The highest BCUT2D eigenvalue weighted by molar-refractivity contribution is 5.76. The number of rotatable bonds is 38. The summed E-state index contributed by atoms with van der Waals surface area (Å²) in [6.45, 7) is 4.27. The molecule has 3 atom stereocenters. The molecule has 0 spiro atoms. The molecule has 0 aliphatic heterocycles. The molecule has 5 nitrogen and oxygen atoms in total. The number of unbranched alkanes of at least 4 members (excludes halogenated alkanes) is 29. The molecule has 0 heterocycles. The molecule has 5 heteroatoms. The molecule has 0 fully saturated rings. The van der Waals surface area contributed by atoms with Gasteiger partial charge in [-0.15, -0.1) is 0 Å². The zero-order valence-corrected chi connectivity index (χ0v) is 31.2. The molecule has 0 aliphatic carbocycles. The van der Waals surface area contributed by atoms with Crippen molar-refractivity contribution < 1.29 is 20.1 Å². The van der Waals surface area contributed by atoms with Gasteiger partial charge in [-0.25, -0.2) is 0 Å². The first-order valence-corrected chi connectivity index (χ1v) is 20.8. The lowest BCUT2D eigenvalue weighted by atomic mass is 10.0. The lowest BCUT2D eigenvalue weighted by Crippen LogP contribution is -2.46. The summed E-state index contributed by atoms with van der Waals surface area (Å²) >= 11 is 0. The number of nitrogens with one attached hydrogen (secondary N) is 1. The van der Waals surface area contributed by atoms with Crippen molar-refractivity contribution in [2.24, 2.45) is 0 Å². The van der Waals surface area contributed by atoms with Crippen LogP contribution >= 0.6 is 0 Å². The van der Waals surface area contributed by atoms with E-state index in [1.54, 1.807) is 0 Å². The van der Waals surface area contributed by atoms with Crippen LogP contribution in [0.5, 0.6) is 0 Å². The highest BCUT2D eigenvalue weighted by atomic mass is 16.3. The Balaban J connectivity index is 3.59. The van der Waals surface area contributed by atoms with Crippen LogP contribution in [0.3, 0.4) is 0 Å². The second-order valence-corrected chi connectivity index (χ2v) is 14.6. The molecule has 0 aromatic carbocycles. The van der Waals surface area contributed by atoms with E-state index in [9.17, 15) is 20.1 Å². The maximum Gasteiger partial charge on any atom is 0.222 e.